The third kappa shape index (κ3) is 4.22. The molecule has 3 aromatic rings. The van der Waals surface area contributed by atoms with Crippen molar-refractivity contribution in [2.24, 2.45) is 0 Å². The van der Waals surface area contributed by atoms with Crippen LogP contribution in [0.4, 0.5) is 5.69 Å². The van der Waals surface area contributed by atoms with Crippen molar-refractivity contribution in [1.82, 2.24) is 9.97 Å². The maximum atomic E-state index is 12.4. The van der Waals surface area contributed by atoms with Gasteiger partial charge in [-0.15, -0.1) is 0 Å². The predicted molar refractivity (Wildman–Crippen MR) is 109 cm³/mol. The maximum Gasteiger partial charge on any atom is 0.234 e. The third-order valence-electron chi connectivity index (χ3n) is 4.10. The van der Waals surface area contributed by atoms with Gasteiger partial charge in [-0.25, -0.2) is 9.97 Å². The van der Waals surface area contributed by atoms with E-state index < -0.39 is 0 Å². The van der Waals surface area contributed by atoms with Gasteiger partial charge in [0, 0.05) is 17.0 Å². The van der Waals surface area contributed by atoms with E-state index in [4.69, 9.17) is 0 Å². The number of hydrogen-bond donors (Lipinski definition) is 1. The molecule has 134 valence electrons. The van der Waals surface area contributed by atoms with E-state index in [-0.39, 0.29) is 11.8 Å². The standard InChI is InChI=1S/C21H23N3OS/c1-13(2)20-23-18-8-6-5-7-16(18)21(24-20)26-12-19(25)22-17-10-9-14(3)11-15(17)4/h5-11,13H,12H2,1-4H3,(H,22,25). The van der Waals surface area contributed by atoms with E-state index in [0.717, 1.165) is 33.0 Å². The molecular formula is C21H23N3OS. The number of anilines is 1. The number of nitrogens with zero attached hydrogens (tertiary/aromatic N) is 2. The van der Waals surface area contributed by atoms with E-state index in [0.29, 0.717) is 5.75 Å². The van der Waals surface area contributed by atoms with Crippen LogP contribution in [0.25, 0.3) is 10.9 Å². The number of para-hydroxylation sites is 1. The molecule has 4 nitrogen and oxygen atoms in total. The molecule has 26 heavy (non-hydrogen) atoms. The number of aryl methyl sites for hydroxylation is 2. The number of nitrogens with one attached hydrogen (secondary N) is 1. The lowest BCUT2D eigenvalue weighted by molar-refractivity contribution is -0.113. The van der Waals surface area contributed by atoms with Gasteiger partial charge in [0.25, 0.3) is 0 Å². The van der Waals surface area contributed by atoms with Crippen molar-refractivity contribution in [2.45, 2.75) is 38.6 Å². The van der Waals surface area contributed by atoms with Crippen LogP contribution in [0.15, 0.2) is 47.5 Å². The molecule has 0 spiro atoms. The minimum Gasteiger partial charge on any atom is -0.325 e. The quantitative estimate of drug-likeness (QED) is 0.505. The second-order valence-electron chi connectivity index (χ2n) is 6.71. The van der Waals surface area contributed by atoms with Gasteiger partial charge in [0.05, 0.1) is 11.3 Å². The van der Waals surface area contributed by atoms with Crippen LogP contribution >= 0.6 is 11.8 Å². The lowest BCUT2D eigenvalue weighted by Crippen LogP contribution is -2.15. The Morgan fingerprint density at radius 1 is 1.12 bits per heavy atom. The highest BCUT2D eigenvalue weighted by Gasteiger charge is 2.13. The fraction of sp³-hybridized carbons (Fsp3) is 0.286. The van der Waals surface area contributed by atoms with Gasteiger partial charge in [0.2, 0.25) is 5.91 Å². The Kier molecular flexibility index (Phi) is 5.57. The van der Waals surface area contributed by atoms with Crippen LogP contribution < -0.4 is 5.32 Å². The average Bonchev–Trinajstić information content (AvgIpc) is 2.61. The molecule has 1 N–H and O–H groups in total. The Balaban J connectivity index is 1.77. The number of benzene rings is 2. The molecule has 1 aromatic heterocycles. The van der Waals surface area contributed by atoms with E-state index in [1.165, 1.54) is 17.3 Å². The van der Waals surface area contributed by atoms with Crippen LogP contribution in [0.1, 0.15) is 36.7 Å². The summed E-state index contributed by atoms with van der Waals surface area (Å²) in [6.07, 6.45) is 0. The van der Waals surface area contributed by atoms with Crippen LogP contribution in [0.2, 0.25) is 0 Å². The largest absolute Gasteiger partial charge is 0.325 e. The van der Waals surface area contributed by atoms with E-state index >= 15 is 0 Å². The molecule has 0 saturated heterocycles. The monoisotopic (exact) mass is 365 g/mol. The van der Waals surface area contributed by atoms with Gasteiger partial charge in [-0.1, -0.05) is 61.5 Å². The van der Waals surface area contributed by atoms with Crippen LogP contribution in [-0.2, 0) is 4.79 Å². The Hall–Kier alpha value is -2.40. The summed E-state index contributed by atoms with van der Waals surface area (Å²) in [7, 11) is 0. The SMILES string of the molecule is Cc1ccc(NC(=O)CSc2nc(C(C)C)nc3ccccc23)c(C)c1. The van der Waals surface area contributed by atoms with Gasteiger partial charge in [0.15, 0.2) is 0 Å². The van der Waals surface area contributed by atoms with Gasteiger partial charge in [0.1, 0.15) is 10.9 Å². The molecule has 5 heteroatoms. The molecule has 0 aliphatic rings. The van der Waals surface area contributed by atoms with Crippen LogP contribution in [0.5, 0.6) is 0 Å². The number of aromatic nitrogens is 2. The van der Waals surface area contributed by atoms with E-state index in [9.17, 15) is 4.79 Å². The minimum absolute atomic E-state index is 0.0317. The highest BCUT2D eigenvalue weighted by Crippen LogP contribution is 2.27. The molecule has 1 amide bonds. The average molecular weight is 366 g/mol. The summed E-state index contributed by atoms with van der Waals surface area (Å²) in [6.45, 7) is 8.19. The van der Waals surface area contributed by atoms with Crippen LogP contribution in [-0.4, -0.2) is 21.6 Å². The fourth-order valence-electron chi connectivity index (χ4n) is 2.71. The summed E-state index contributed by atoms with van der Waals surface area (Å²) < 4.78 is 0. The molecular weight excluding hydrogens is 342 g/mol. The predicted octanol–water partition coefficient (Wildman–Crippen LogP) is 5.10. The van der Waals surface area contributed by atoms with Gasteiger partial charge >= 0.3 is 0 Å². The molecule has 0 atom stereocenters. The number of carbonyl (C=O) groups is 1. The van der Waals surface area contributed by atoms with Crippen molar-refractivity contribution in [3.63, 3.8) is 0 Å². The molecule has 3 rings (SSSR count). The molecule has 1 heterocycles. The van der Waals surface area contributed by atoms with E-state index in [1.54, 1.807) is 0 Å². The molecule has 0 bridgehead atoms. The molecule has 0 radical (unpaired) electrons. The maximum absolute atomic E-state index is 12.4. The first-order valence-corrected chi connectivity index (χ1v) is 9.69. The molecule has 0 aliphatic carbocycles. The molecule has 0 unspecified atom stereocenters. The van der Waals surface area contributed by atoms with Gasteiger partial charge < -0.3 is 5.32 Å². The Bertz CT molecular complexity index is 953. The number of fused-ring (bicyclic) bond motifs is 1. The highest BCUT2D eigenvalue weighted by atomic mass is 32.2. The van der Waals surface area contributed by atoms with E-state index in [1.807, 2.05) is 50.2 Å². The van der Waals surface area contributed by atoms with Crippen LogP contribution in [0, 0.1) is 13.8 Å². The second kappa shape index (κ2) is 7.87. The Morgan fingerprint density at radius 2 is 1.88 bits per heavy atom. The first kappa shape index (κ1) is 18.4. The Labute approximate surface area is 158 Å². The number of thioether (sulfide) groups is 1. The molecule has 0 saturated carbocycles. The smallest absolute Gasteiger partial charge is 0.234 e. The zero-order valence-electron chi connectivity index (χ0n) is 15.5. The Morgan fingerprint density at radius 3 is 2.62 bits per heavy atom. The summed E-state index contributed by atoms with van der Waals surface area (Å²) in [5.74, 6) is 1.32. The van der Waals surface area contributed by atoms with Crippen molar-refractivity contribution < 1.29 is 4.79 Å². The lowest BCUT2D eigenvalue weighted by atomic mass is 10.1. The third-order valence-corrected chi connectivity index (χ3v) is 5.09. The fourth-order valence-corrected chi connectivity index (χ4v) is 3.53. The summed E-state index contributed by atoms with van der Waals surface area (Å²) in [5.41, 5.74) is 4.03. The van der Waals surface area contributed by atoms with Crippen LogP contribution in [0.3, 0.4) is 0 Å². The van der Waals surface area contributed by atoms with Gasteiger partial charge in [-0.2, -0.15) is 0 Å². The molecule has 2 aromatic carbocycles. The summed E-state index contributed by atoms with van der Waals surface area (Å²) in [5, 5.41) is 4.83. The highest BCUT2D eigenvalue weighted by molar-refractivity contribution is 8.00. The first-order chi connectivity index (χ1) is 12.4. The summed E-state index contributed by atoms with van der Waals surface area (Å²) >= 11 is 1.45. The van der Waals surface area contributed by atoms with Gasteiger partial charge in [-0.05, 0) is 31.5 Å². The van der Waals surface area contributed by atoms with Crippen molar-refractivity contribution >= 4 is 34.3 Å². The number of carbonyl (C=O) groups excluding carboxylic acids is 1. The summed E-state index contributed by atoms with van der Waals surface area (Å²) in [4.78, 5) is 21.7. The first-order valence-electron chi connectivity index (χ1n) is 8.70. The van der Waals surface area contributed by atoms with Crippen molar-refractivity contribution in [3.05, 3.63) is 59.4 Å². The zero-order chi connectivity index (χ0) is 18.7. The normalized spacial score (nSPS) is 11.1. The second-order valence-corrected chi connectivity index (χ2v) is 7.68. The van der Waals surface area contributed by atoms with Gasteiger partial charge in [-0.3, -0.25) is 4.79 Å². The summed E-state index contributed by atoms with van der Waals surface area (Å²) in [6, 6.07) is 14.0. The number of rotatable bonds is 5. The molecule has 0 aliphatic heterocycles. The van der Waals surface area contributed by atoms with E-state index in [2.05, 4.69) is 35.2 Å². The van der Waals surface area contributed by atoms with Crippen molar-refractivity contribution in [3.8, 4) is 0 Å². The zero-order valence-corrected chi connectivity index (χ0v) is 16.4. The number of amides is 1. The molecule has 0 fully saturated rings. The lowest BCUT2D eigenvalue weighted by Gasteiger charge is -2.11. The minimum atomic E-state index is -0.0317. The topological polar surface area (TPSA) is 54.9 Å². The number of hydrogen-bond acceptors (Lipinski definition) is 4. The van der Waals surface area contributed by atoms with Crippen molar-refractivity contribution in [2.75, 3.05) is 11.1 Å². The van der Waals surface area contributed by atoms with Crippen molar-refractivity contribution in [1.29, 1.82) is 0 Å².